The molecule has 0 spiro atoms. The molecule has 0 radical (unpaired) electrons. The van der Waals surface area contributed by atoms with Crippen molar-refractivity contribution in [2.45, 2.75) is 57.8 Å². The minimum Gasteiger partial charge on any atom is -0.420 e. The van der Waals surface area contributed by atoms with Crippen molar-refractivity contribution in [3.05, 3.63) is 78.1 Å². The van der Waals surface area contributed by atoms with Crippen molar-refractivity contribution in [2.24, 2.45) is 0 Å². The van der Waals surface area contributed by atoms with Gasteiger partial charge in [0.15, 0.2) is 18.4 Å². The van der Waals surface area contributed by atoms with E-state index in [1.807, 2.05) is 18.2 Å². The van der Waals surface area contributed by atoms with E-state index in [0.29, 0.717) is 11.6 Å². The highest BCUT2D eigenvalue weighted by Gasteiger charge is 2.27. The number of ether oxygens (including phenoxy) is 2. The van der Waals surface area contributed by atoms with Crippen molar-refractivity contribution in [2.75, 3.05) is 0 Å². The molecule has 31 heavy (non-hydrogen) atoms. The highest BCUT2D eigenvalue weighted by atomic mass is 16.7. The molecule has 5 nitrogen and oxygen atoms in total. The molecule has 0 saturated heterocycles. The van der Waals surface area contributed by atoms with Crippen LogP contribution in [0.1, 0.15) is 73.5 Å². The molecule has 0 aliphatic heterocycles. The van der Waals surface area contributed by atoms with E-state index in [9.17, 15) is 9.59 Å². The van der Waals surface area contributed by atoms with Crippen molar-refractivity contribution in [1.82, 2.24) is 0 Å². The van der Waals surface area contributed by atoms with Crippen LogP contribution in [0.3, 0.4) is 0 Å². The van der Waals surface area contributed by atoms with Gasteiger partial charge in [0, 0.05) is 44.9 Å². The lowest BCUT2D eigenvalue weighted by molar-refractivity contribution is -0.725. The lowest BCUT2D eigenvalue weighted by Crippen LogP contribution is -2.39. The van der Waals surface area contributed by atoms with Crippen molar-refractivity contribution >= 4 is 24.1 Å². The smallest absolute Gasteiger partial charge is 0.341 e. The van der Waals surface area contributed by atoms with Crippen LogP contribution in [-0.2, 0) is 14.3 Å². The van der Waals surface area contributed by atoms with Gasteiger partial charge in [0.25, 0.3) is 5.79 Å². The third-order valence-corrected chi connectivity index (χ3v) is 5.34. The quantitative estimate of drug-likeness (QED) is 0.265. The van der Waals surface area contributed by atoms with E-state index in [1.54, 1.807) is 12.1 Å². The molecule has 1 aliphatic carbocycles. The monoisotopic (exact) mass is 420 g/mol. The second-order valence-electron chi connectivity index (χ2n) is 8.24. The lowest BCUT2D eigenvalue weighted by Gasteiger charge is -2.24. The Morgan fingerprint density at radius 2 is 1.52 bits per heavy atom. The molecule has 1 aliphatic rings. The number of esters is 2. The number of carbonyl (C=O) groups excluding carboxylic acids is 2. The Hall–Kier alpha value is -3.21. The van der Waals surface area contributed by atoms with Crippen LogP contribution in [0, 0.1) is 0 Å². The molecule has 2 aromatic rings. The van der Waals surface area contributed by atoms with Crippen LogP contribution < -0.4 is 4.57 Å². The number of benzene rings is 1. The van der Waals surface area contributed by atoms with Crippen LogP contribution in [0.5, 0.6) is 0 Å². The summed E-state index contributed by atoms with van der Waals surface area (Å²) in [5.41, 5.74) is 2.48. The van der Waals surface area contributed by atoms with Crippen molar-refractivity contribution < 1.29 is 23.6 Å². The molecular weight excluding hydrogens is 390 g/mol. The molecule has 5 heteroatoms. The van der Waals surface area contributed by atoms with Gasteiger partial charge >= 0.3 is 11.9 Å². The van der Waals surface area contributed by atoms with E-state index in [1.165, 1.54) is 46.0 Å². The second kappa shape index (κ2) is 10.2. The van der Waals surface area contributed by atoms with Crippen LogP contribution in [0.15, 0.2) is 61.4 Å². The van der Waals surface area contributed by atoms with Crippen LogP contribution >= 0.6 is 0 Å². The van der Waals surface area contributed by atoms with Gasteiger partial charge in [-0.2, -0.15) is 0 Å². The number of carbonyl (C=O) groups is 2. The van der Waals surface area contributed by atoms with Crippen molar-refractivity contribution in [3.63, 3.8) is 0 Å². The first-order chi connectivity index (χ1) is 14.9. The number of rotatable bonds is 7. The fraction of sp³-hybridized carbons (Fsp3) is 0.346. The average molecular weight is 421 g/mol. The maximum absolute atomic E-state index is 12.3. The van der Waals surface area contributed by atoms with Crippen LogP contribution in [-0.4, -0.2) is 17.7 Å². The van der Waals surface area contributed by atoms with Gasteiger partial charge in [0.1, 0.15) is 0 Å². The Morgan fingerprint density at radius 3 is 2.10 bits per heavy atom. The Balaban J connectivity index is 1.58. The molecule has 0 unspecified atom stereocenters. The fourth-order valence-corrected chi connectivity index (χ4v) is 3.69. The predicted molar refractivity (Wildman–Crippen MR) is 120 cm³/mol. The zero-order chi connectivity index (χ0) is 22.3. The zero-order valence-corrected chi connectivity index (χ0v) is 18.3. The van der Waals surface area contributed by atoms with Gasteiger partial charge in [-0.3, -0.25) is 0 Å². The maximum Gasteiger partial charge on any atom is 0.341 e. The molecular formula is C26H30NO4+. The van der Waals surface area contributed by atoms with Gasteiger partial charge in [-0.05, 0) is 36.1 Å². The average Bonchev–Trinajstić information content (AvgIpc) is 2.78. The van der Waals surface area contributed by atoms with Crippen LogP contribution in [0.4, 0.5) is 0 Å². The molecule has 1 heterocycles. The molecule has 1 aromatic carbocycles. The predicted octanol–water partition coefficient (Wildman–Crippen LogP) is 5.27. The Labute approximate surface area is 184 Å². The van der Waals surface area contributed by atoms with E-state index in [2.05, 4.69) is 41.7 Å². The van der Waals surface area contributed by atoms with Crippen LogP contribution in [0.25, 0.3) is 12.2 Å². The number of hydrogen-bond acceptors (Lipinski definition) is 4. The minimum absolute atomic E-state index is 0.383. The lowest BCUT2D eigenvalue weighted by atomic mass is 9.95. The summed E-state index contributed by atoms with van der Waals surface area (Å²) in [5.74, 6) is -2.58. The minimum atomic E-state index is -1.37. The molecule has 0 atom stereocenters. The summed E-state index contributed by atoms with van der Waals surface area (Å²) in [7, 11) is 0. The maximum atomic E-state index is 12.3. The summed E-state index contributed by atoms with van der Waals surface area (Å²) in [6.07, 6.45) is 15.9. The van der Waals surface area contributed by atoms with Gasteiger partial charge in [0.05, 0.1) is 5.56 Å². The van der Waals surface area contributed by atoms with Gasteiger partial charge in [-0.15, -0.1) is 0 Å². The molecule has 1 fully saturated rings. The number of aromatic nitrogens is 1. The first-order valence-corrected chi connectivity index (χ1v) is 10.7. The molecule has 0 amide bonds. The highest BCUT2D eigenvalue weighted by Crippen LogP contribution is 2.23. The highest BCUT2D eigenvalue weighted by molar-refractivity contribution is 5.90. The Kier molecular flexibility index (Phi) is 7.40. The van der Waals surface area contributed by atoms with E-state index in [-0.39, 0.29) is 0 Å². The SMILES string of the molecule is C=CC(=O)OC(C)(C)OC(=O)c1ccc(C=Cc2cc[n+](C3CCCCC3)cc2)cc1. The standard InChI is InChI=1S/C26H30NO4/c1-4-24(28)30-26(2,3)31-25(29)22-14-12-20(13-15-22)10-11-21-16-18-27(19-17-21)23-8-6-5-7-9-23/h4,10-19,23H,1,5-9H2,2-3H3/q+1. The molecule has 0 bridgehead atoms. The molecule has 0 N–H and O–H groups in total. The number of nitrogens with zero attached hydrogens (tertiary/aromatic N) is 1. The summed E-state index contributed by atoms with van der Waals surface area (Å²) in [5, 5.41) is 0. The topological polar surface area (TPSA) is 56.5 Å². The zero-order valence-electron chi connectivity index (χ0n) is 18.3. The normalized spacial score (nSPS) is 14.9. The van der Waals surface area contributed by atoms with E-state index >= 15 is 0 Å². The van der Waals surface area contributed by atoms with Crippen molar-refractivity contribution in [3.8, 4) is 0 Å². The summed E-state index contributed by atoms with van der Waals surface area (Å²) in [6.45, 7) is 6.34. The first kappa shape index (κ1) is 22.5. The van der Waals surface area contributed by atoms with Crippen molar-refractivity contribution in [1.29, 1.82) is 0 Å². The fourth-order valence-electron chi connectivity index (χ4n) is 3.69. The van der Waals surface area contributed by atoms with E-state index in [4.69, 9.17) is 9.47 Å². The third kappa shape index (κ3) is 6.64. The Morgan fingerprint density at radius 1 is 0.935 bits per heavy atom. The third-order valence-electron chi connectivity index (χ3n) is 5.34. The Bertz CT molecular complexity index is 936. The number of hydrogen-bond donors (Lipinski definition) is 0. The summed E-state index contributed by atoms with van der Waals surface area (Å²) < 4.78 is 12.6. The summed E-state index contributed by atoms with van der Waals surface area (Å²) in [4.78, 5) is 23.7. The molecule has 162 valence electrons. The molecule has 1 saturated carbocycles. The van der Waals surface area contributed by atoms with Gasteiger partial charge in [-0.1, -0.05) is 37.3 Å². The van der Waals surface area contributed by atoms with Gasteiger partial charge in [-0.25, -0.2) is 14.2 Å². The number of pyridine rings is 1. The van der Waals surface area contributed by atoms with Gasteiger partial charge in [0.2, 0.25) is 0 Å². The largest absolute Gasteiger partial charge is 0.420 e. The van der Waals surface area contributed by atoms with E-state index < -0.39 is 17.7 Å². The summed E-state index contributed by atoms with van der Waals surface area (Å²) >= 11 is 0. The van der Waals surface area contributed by atoms with Gasteiger partial charge < -0.3 is 9.47 Å². The van der Waals surface area contributed by atoms with E-state index in [0.717, 1.165) is 17.2 Å². The molecule has 3 rings (SSSR count). The first-order valence-electron chi connectivity index (χ1n) is 10.7. The second-order valence-corrected chi connectivity index (χ2v) is 8.24. The summed E-state index contributed by atoms with van der Waals surface area (Å²) in [6, 6.07) is 12.0. The van der Waals surface area contributed by atoms with Crippen LogP contribution in [0.2, 0.25) is 0 Å². The molecule has 1 aromatic heterocycles.